The molecule has 0 rings (SSSR count). The Hall–Kier alpha value is 0.357. The first kappa shape index (κ1) is 13.9. The van der Waals surface area contributed by atoms with Gasteiger partial charge in [0.15, 0.2) is 0 Å². The van der Waals surface area contributed by atoms with E-state index in [0.29, 0.717) is 0 Å². The molecular weight excluding hydrogens is 171 g/mol. The van der Waals surface area contributed by atoms with Crippen LogP contribution in [0.5, 0.6) is 0 Å². The van der Waals surface area contributed by atoms with Crippen LogP contribution in [-0.2, 0) is 14.0 Å². The normalized spacial score (nSPS) is 9.82. The molecule has 0 radical (unpaired) electrons. The molecule has 0 bridgehead atoms. The third-order valence-electron chi connectivity index (χ3n) is 0.686. The topological polar surface area (TPSA) is 43.4 Å². The van der Waals surface area contributed by atoms with E-state index < -0.39 is 20.1 Å². The molecule has 0 heterocycles. The summed E-state index contributed by atoms with van der Waals surface area (Å²) in [5.41, 5.74) is 0. The van der Waals surface area contributed by atoms with Gasteiger partial charge in [0.2, 0.25) is 14.1 Å². The van der Waals surface area contributed by atoms with Crippen LogP contribution in [0.1, 0.15) is 6.92 Å². The van der Waals surface area contributed by atoms with Crippen molar-refractivity contribution in [1.29, 1.82) is 0 Å². The number of carbonyl (C=O) groups is 2. The fraction of sp³-hybridized carbons (Fsp3) is 0.667. The fourth-order valence-corrected chi connectivity index (χ4v) is 1.05. The SMILES string of the molecule is CC(=O)C(=O)O[Si](C)(C)C.[NaH]. The first-order valence-electron chi connectivity index (χ1n) is 3.07. The van der Waals surface area contributed by atoms with E-state index in [9.17, 15) is 9.59 Å². The molecule has 0 saturated carbocycles. The standard InChI is InChI=1S/C6H12O3Si.Na.H/c1-5(7)6(8)9-10(2,3)4;;/h1-4H3;;. The van der Waals surface area contributed by atoms with Gasteiger partial charge in [-0.05, 0) is 19.6 Å². The van der Waals surface area contributed by atoms with Crippen molar-refractivity contribution in [2.75, 3.05) is 0 Å². The van der Waals surface area contributed by atoms with E-state index in [4.69, 9.17) is 4.43 Å². The van der Waals surface area contributed by atoms with Crippen molar-refractivity contribution in [3.63, 3.8) is 0 Å². The van der Waals surface area contributed by atoms with Gasteiger partial charge in [-0.1, -0.05) is 0 Å². The Morgan fingerprint density at radius 3 is 1.64 bits per heavy atom. The number of hydrogen-bond donors (Lipinski definition) is 0. The molecule has 3 nitrogen and oxygen atoms in total. The van der Waals surface area contributed by atoms with E-state index in [1.54, 1.807) is 0 Å². The molecule has 0 unspecified atom stereocenters. The van der Waals surface area contributed by atoms with Crippen molar-refractivity contribution >= 4 is 49.6 Å². The predicted molar refractivity (Wildman–Crippen MR) is 47.3 cm³/mol. The van der Waals surface area contributed by atoms with Crippen LogP contribution in [0, 0.1) is 0 Å². The molecule has 0 aliphatic rings. The molecule has 60 valence electrons. The summed E-state index contributed by atoms with van der Waals surface area (Å²) >= 11 is 0. The third kappa shape index (κ3) is 8.26. The molecule has 0 aliphatic heterocycles. The number of ketones is 1. The van der Waals surface area contributed by atoms with Crippen molar-refractivity contribution in [2.24, 2.45) is 0 Å². The van der Waals surface area contributed by atoms with Gasteiger partial charge in [0.25, 0.3) is 0 Å². The van der Waals surface area contributed by atoms with Gasteiger partial charge in [0.05, 0.1) is 0 Å². The molecule has 0 amide bonds. The minimum absolute atomic E-state index is 0. The van der Waals surface area contributed by atoms with E-state index in [0.717, 1.165) is 0 Å². The van der Waals surface area contributed by atoms with E-state index in [2.05, 4.69) is 0 Å². The van der Waals surface area contributed by atoms with Crippen LogP contribution in [0.4, 0.5) is 0 Å². The molecule has 0 atom stereocenters. The van der Waals surface area contributed by atoms with Crippen LogP contribution < -0.4 is 0 Å². The summed E-state index contributed by atoms with van der Waals surface area (Å²) in [5.74, 6) is -1.23. The second-order valence-corrected chi connectivity index (χ2v) is 7.49. The quantitative estimate of drug-likeness (QED) is 0.458. The van der Waals surface area contributed by atoms with Crippen molar-refractivity contribution in [2.45, 2.75) is 26.6 Å². The average molecular weight is 184 g/mol. The Bertz CT molecular complexity index is 162. The van der Waals surface area contributed by atoms with Crippen LogP contribution in [0.2, 0.25) is 19.6 Å². The zero-order chi connectivity index (χ0) is 8.36. The van der Waals surface area contributed by atoms with Gasteiger partial charge in [0, 0.05) is 6.92 Å². The number of Topliss-reactive ketones (excluding diaryl/α,β-unsaturated/α-hetero) is 1. The maximum atomic E-state index is 10.6. The summed E-state index contributed by atoms with van der Waals surface area (Å²) in [6.07, 6.45) is 0. The molecule has 11 heavy (non-hydrogen) atoms. The van der Waals surface area contributed by atoms with Gasteiger partial charge >= 0.3 is 35.5 Å². The Labute approximate surface area is 89.9 Å². The Balaban J connectivity index is 0. The Morgan fingerprint density at radius 2 is 1.55 bits per heavy atom. The van der Waals surface area contributed by atoms with Gasteiger partial charge in [-0.25, -0.2) is 4.79 Å². The summed E-state index contributed by atoms with van der Waals surface area (Å²) in [6.45, 7) is 6.78. The zero-order valence-corrected chi connectivity index (χ0v) is 7.72. The number of hydrogen-bond acceptors (Lipinski definition) is 3. The zero-order valence-electron chi connectivity index (χ0n) is 6.72. The Kier molecular flexibility index (Phi) is 6.43. The van der Waals surface area contributed by atoms with Crippen molar-refractivity contribution in [1.82, 2.24) is 0 Å². The second kappa shape index (κ2) is 5.08. The van der Waals surface area contributed by atoms with Gasteiger partial charge in [-0.15, -0.1) is 0 Å². The van der Waals surface area contributed by atoms with Crippen LogP contribution >= 0.6 is 0 Å². The summed E-state index contributed by atoms with van der Waals surface area (Å²) in [7, 11) is -1.85. The van der Waals surface area contributed by atoms with Crippen LogP contribution in [-0.4, -0.2) is 49.6 Å². The average Bonchev–Trinajstić information content (AvgIpc) is 1.60. The molecule has 0 N–H and O–H groups in total. The molecule has 0 aliphatic carbocycles. The van der Waals surface area contributed by atoms with E-state index >= 15 is 0 Å². The third-order valence-corrected chi connectivity index (χ3v) is 1.48. The molecule has 0 fully saturated rings. The van der Waals surface area contributed by atoms with Gasteiger partial charge < -0.3 is 4.43 Å². The summed E-state index contributed by atoms with van der Waals surface area (Å²) < 4.78 is 4.85. The number of rotatable bonds is 2. The molecule has 0 aromatic heterocycles. The van der Waals surface area contributed by atoms with E-state index in [1.807, 2.05) is 19.6 Å². The predicted octanol–water partition coefficient (Wildman–Crippen LogP) is 0.305. The molecule has 0 aromatic rings. The van der Waals surface area contributed by atoms with Crippen LogP contribution in [0.25, 0.3) is 0 Å². The minimum atomic E-state index is -1.85. The second-order valence-electron chi connectivity index (χ2n) is 3.06. The van der Waals surface area contributed by atoms with Crippen molar-refractivity contribution < 1.29 is 14.0 Å². The summed E-state index contributed by atoms with van der Waals surface area (Å²) in [5, 5.41) is 0. The van der Waals surface area contributed by atoms with Crippen LogP contribution in [0.15, 0.2) is 0 Å². The first-order valence-corrected chi connectivity index (χ1v) is 6.47. The maximum absolute atomic E-state index is 10.6. The molecule has 5 heteroatoms. The van der Waals surface area contributed by atoms with E-state index in [1.165, 1.54) is 6.92 Å². The van der Waals surface area contributed by atoms with Gasteiger partial charge in [0.1, 0.15) is 0 Å². The van der Waals surface area contributed by atoms with Gasteiger partial charge in [-0.3, -0.25) is 4.79 Å². The molecule has 0 aromatic carbocycles. The van der Waals surface area contributed by atoms with E-state index in [-0.39, 0.29) is 29.6 Å². The summed E-state index contributed by atoms with van der Waals surface area (Å²) in [4.78, 5) is 21.0. The van der Waals surface area contributed by atoms with Crippen LogP contribution in [0.3, 0.4) is 0 Å². The molecular formula is C6H13NaO3Si. The Morgan fingerprint density at radius 1 is 1.18 bits per heavy atom. The molecule has 0 saturated heterocycles. The van der Waals surface area contributed by atoms with Crippen molar-refractivity contribution in [3.8, 4) is 0 Å². The first-order chi connectivity index (χ1) is 4.33. The van der Waals surface area contributed by atoms with Gasteiger partial charge in [-0.2, -0.15) is 0 Å². The fourth-order valence-electron chi connectivity index (χ4n) is 0.350. The number of carbonyl (C=O) groups excluding carboxylic acids is 2. The molecule has 0 spiro atoms. The van der Waals surface area contributed by atoms with Crippen molar-refractivity contribution in [3.05, 3.63) is 0 Å². The monoisotopic (exact) mass is 184 g/mol. The summed E-state index contributed by atoms with van der Waals surface area (Å²) in [6, 6.07) is 0.